The zero-order valence-corrected chi connectivity index (χ0v) is 9.23. The summed E-state index contributed by atoms with van der Waals surface area (Å²) >= 11 is 0. The molecule has 0 aliphatic carbocycles. The van der Waals surface area contributed by atoms with Crippen LogP contribution in [0.4, 0.5) is 11.8 Å². The molecule has 0 aliphatic rings. The van der Waals surface area contributed by atoms with Crippen LogP contribution in [0.25, 0.3) is 11.3 Å². The van der Waals surface area contributed by atoms with E-state index >= 15 is 0 Å². The van der Waals surface area contributed by atoms with Gasteiger partial charge in [-0.05, 0) is 25.0 Å². The first-order chi connectivity index (χ1) is 7.59. The maximum atomic E-state index is 5.78. The third kappa shape index (κ3) is 1.67. The van der Waals surface area contributed by atoms with Gasteiger partial charge in [0.1, 0.15) is 5.69 Å². The second-order valence-corrected chi connectivity index (χ2v) is 3.65. The van der Waals surface area contributed by atoms with Crippen LogP contribution in [0, 0.1) is 13.8 Å². The Bertz CT molecular complexity index is 536. The summed E-state index contributed by atoms with van der Waals surface area (Å²) in [6.07, 6.45) is 0. The Balaban J connectivity index is 2.63. The van der Waals surface area contributed by atoms with Crippen LogP contribution >= 0.6 is 0 Å². The van der Waals surface area contributed by atoms with Gasteiger partial charge in [-0.2, -0.15) is 4.98 Å². The van der Waals surface area contributed by atoms with E-state index in [-0.39, 0.29) is 5.95 Å². The first kappa shape index (κ1) is 10.4. The molecule has 2 aromatic rings. The molecule has 0 saturated carbocycles. The lowest BCUT2D eigenvalue weighted by molar-refractivity contribution is 0.997. The lowest BCUT2D eigenvalue weighted by Gasteiger charge is -2.08. The Morgan fingerprint density at radius 2 is 1.81 bits per heavy atom. The van der Waals surface area contributed by atoms with Crippen LogP contribution < -0.4 is 11.5 Å². The fourth-order valence-corrected chi connectivity index (χ4v) is 1.55. The highest BCUT2D eigenvalue weighted by Gasteiger charge is 2.10. The van der Waals surface area contributed by atoms with E-state index in [2.05, 4.69) is 15.2 Å². The summed E-state index contributed by atoms with van der Waals surface area (Å²) in [6.45, 7) is 4.05. The second kappa shape index (κ2) is 3.77. The molecule has 0 saturated heterocycles. The van der Waals surface area contributed by atoms with Gasteiger partial charge in [0.25, 0.3) is 0 Å². The standard InChI is InChI=1S/C11H13N5/c1-6-4-3-5-8(7(6)2)9-10(12)14-11(13)16-15-9/h3-5H,1-2H3,(H4,12,13,14,16). The lowest BCUT2D eigenvalue weighted by atomic mass is 10.0. The smallest absolute Gasteiger partial charge is 0.242 e. The van der Waals surface area contributed by atoms with Crippen molar-refractivity contribution in [1.29, 1.82) is 0 Å². The average molecular weight is 215 g/mol. The molecule has 0 amide bonds. The number of aromatic nitrogens is 3. The molecule has 1 heterocycles. The van der Waals surface area contributed by atoms with Crippen LogP contribution in [0.1, 0.15) is 11.1 Å². The molecule has 0 fully saturated rings. The van der Waals surface area contributed by atoms with Gasteiger partial charge in [-0.25, -0.2) is 0 Å². The van der Waals surface area contributed by atoms with Gasteiger partial charge in [-0.15, -0.1) is 10.2 Å². The third-order valence-corrected chi connectivity index (χ3v) is 2.59. The fourth-order valence-electron chi connectivity index (χ4n) is 1.55. The van der Waals surface area contributed by atoms with Gasteiger partial charge in [0, 0.05) is 5.56 Å². The summed E-state index contributed by atoms with van der Waals surface area (Å²) in [5, 5.41) is 7.71. The molecule has 82 valence electrons. The summed E-state index contributed by atoms with van der Waals surface area (Å²) < 4.78 is 0. The van der Waals surface area contributed by atoms with E-state index < -0.39 is 0 Å². The summed E-state index contributed by atoms with van der Waals surface area (Å²) in [4.78, 5) is 3.90. The zero-order chi connectivity index (χ0) is 11.7. The van der Waals surface area contributed by atoms with E-state index in [1.54, 1.807) is 0 Å². The van der Waals surface area contributed by atoms with E-state index in [0.29, 0.717) is 11.5 Å². The van der Waals surface area contributed by atoms with Crippen molar-refractivity contribution >= 4 is 11.8 Å². The molecule has 0 atom stereocenters. The molecule has 2 rings (SSSR count). The summed E-state index contributed by atoms with van der Waals surface area (Å²) in [5.74, 6) is 0.396. The van der Waals surface area contributed by atoms with Crippen LogP contribution in [0.15, 0.2) is 18.2 Å². The van der Waals surface area contributed by atoms with Crippen molar-refractivity contribution in [1.82, 2.24) is 15.2 Å². The fraction of sp³-hybridized carbons (Fsp3) is 0.182. The van der Waals surface area contributed by atoms with E-state index in [1.807, 2.05) is 32.0 Å². The number of nitrogens with two attached hydrogens (primary N) is 2. The van der Waals surface area contributed by atoms with Gasteiger partial charge >= 0.3 is 0 Å². The summed E-state index contributed by atoms with van der Waals surface area (Å²) in [6, 6.07) is 5.93. The molecule has 1 aromatic carbocycles. The molecule has 0 bridgehead atoms. The molecule has 0 radical (unpaired) electrons. The minimum atomic E-state index is 0.0894. The first-order valence-corrected chi connectivity index (χ1v) is 4.92. The molecular weight excluding hydrogens is 202 g/mol. The molecule has 1 aromatic heterocycles. The minimum Gasteiger partial charge on any atom is -0.382 e. The third-order valence-electron chi connectivity index (χ3n) is 2.59. The summed E-state index contributed by atoms with van der Waals surface area (Å²) in [7, 11) is 0. The lowest BCUT2D eigenvalue weighted by Crippen LogP contribution is -2.05. The number of anilines is 2. The topological polar surface area (TPSA) is 90.7 Å². The highest BCUT2D eigenvalue weighted by Crippen LogP contribution is 2.26. The van der Waals surface area contributed by atoms with Gasteiger partial charge in [-0.1, -0.05) is 18.2 Å². The van der Waals surface area contributed by atoms with Crippen LogP contribution in [0.2, 0.25) is 0 Å². The van der Waals surface area contributed by atoms with Crippen LogP contribution in [0.3, 0.4) is 0 Å². The average Bonchev–Trinajstić information content (AvgIpc) is 2.23. The van der Waals surface area contributed by atoms with Crippen molar-refractivity contribution < 1.29 is 0 Å². The second-order valence-electron chi connectivity index (χ2n) is 3.65. The van der Waals surface area contributed by atoms with Gasteiger partial charge in [0.05, 0.1) is 0 Å². The minimum absolute atomic E-state index is 0.0894. The number of nitrogens with zero attached hydrogens (tertiary/aromatic N) is 3. The Hall–Kier alpha value is -2.17. The zero-order valence-electron chi connectivity index (χ0n) is 9.23. The largest absolute Gasteiger partial charge is 0.382 e. The molecule has 0 aliphatic heterocycles. The molecule has 0 spiro atoms. The van der Waals surface area contributed by atoms with Crippen molar-refractivity contribution in [3.63, 3.8) is 0 Å². The van der Waals surface area contributed by atoms with Gasteiger partial charge in [0.15, 0.2) is 5.82 Å². The molecule has 5 heteroatoms. The molecule has 5 nitrogen and oxygen atoms in total. The Morgan fingerprint density at radius 3 is 2.50 bits per heavy atom. The summed E-state index contributed by atoms with van der Waals surface area (Å²) in [5.41, 5.74) is 15.0. The number of rotatable bonds is 1. The van der Waals surface area contributed by atoms with Crippen molar-refractivity contribution in [2.45, 2.75) is 13.8 Å². The van der Waals surface area contributed by atoms with E-state index in [9.17, 15) is 0 Å². The van der Waals surface area contributed by atoms with E-state index in [4.69, 9.17) is 11.5 Å². The van der Waals surface area contributed by atoms with Crippen LogP contribution in [-0.2, 0) is 0 Å². The van der Waals surface area contributed by atoms with Crippen molar-refractivity contribution in [3.05, 3.63) is 29.3 Å². The molecular formula is C11H13N5. The number of hydrogen-bond donors (Lipinski definition) is 2. The number of benzene rings is 1. The quantitative estimate of drug-likeness (QED) is 0.748. The van der Waals surface area contributed by atoms with E-state index in [1.165, 1.54) is 5.56 Å². The Kier molecular flexibility index (Phi) is 2.44. The molecule has 4 N–H and O–H groups in total. The molecule has 0 unspecified atom stereocenters. The normalized spacial score (nSPS) is 10.4. The SMILES string of the molecule is Cc1cccc(-c2nnc(N)nc2N)c1C. The Morgan fingerprint density at radius 1 is 1.06 bits per heavy atom. The van der Waals surface area contributed by atoms with E-state index in [0.717, 1.165) is 11.1 Å². The highest BCUT2D eigenvalue weighted by atomic mass is 15.2. The van der Waals surface area contributed by atoms with Gasteiger partial charge in [-0.3, -0.25) is 0 Å². The van der Waals surface area contributed by atoms with Crippen LogP contribution in [-0.4, -0.2) is 15.2 Å². The first-order valence-electron chi connectivity index (χ1n) is 4.92. The maximum Gasteiger partial charge on any atom is 0.242 e. The maximum absolute atomic E-state index is 5.78. The number of nitrogen functional groups attached to an aromatic ring is 2. The number of aryl methyl sites for hydroxylation is 1. The monoisotopic (exact) mass is 215 g/mol. The van der Waals surface area contributed by atoms with Gasteiger partial charge in [0.2, 0.25) is 5.95 Å². The van der Waals surface area contributed by atoms with Crippen molar-refractivity contribution in [3.8, 4) is 11.3 Å². The van der Waals surface area contributed by atoms with Crippen molar-refractivity contribution in [2.24, 2.45) is 0 Å². The number of hydrogen-bond acceptors (Lipinski definition) is 5. The van der Waals surface area contributed by atoms with Crippen LogP contribution in [0.5, 0.6) is 0 Å². The predicted octanol–water partition coefficient (Wildman–Crippen LogP) is 1.32. The predicted molar refractivity (Wildman–Crippen MR) is 63.6 cm³/mol. The Labute approximate surface area is 93.5 Å². The highest BCUT2D eigenvalue weighted by molar-refractivity contribution is 5.73. The van der Waals surface area contributed by atoms with Crippen molar-refractivity contribution in [2.75, 3.05) is 11.5 Å². The van der Waals surface area contributed by atoms with Gasteiger partial charge < -0.3 is 11.5 Å². The molecule has 16 heavy (non-hydrogen) atoms.